The molecule has 2 N–H and O–H groups in total. The Balaban J connectivity index is 2.01. The number of aromatic amines is 1. The van der Waals surface area contributed by atoms with Crippen molar-refractivity contribution in [2.45, 2.75) is 53.4 Å². The van der Waals surface area contributed by atoms with Crippen molar-refractivity contribution in [3.63, 3.8) is 0 Å². The van der Waals surface area contributed by atoms with E-state index in [-0.39, 0.29) is 0 Å². The van der Waals surface area contributed by atoms with E-state index in [1.807, 2.05) is 7.05 Å². The van der Waals surface area contributed by atoms with Crippen molar-refractivity contribution in [2.24, 2.45) is 11.3 Å². The second-order valence-electron chi connectivity index (χ2n) is 8.05. The van der Waals surface area contributed by atoms with Gasteiger partial charge in [-0.1, -0.05) is 27.4 Å². The lowest BCUT2D eigenvalue weighted by atomic mass is 9.71. The molecule has 0 radical (unpaired) electrons. The topological polar surface area (TPSA) is 40.7 Å². The van der Waals surface area contributed by atoms with Crippen LogP contribution in [0.3, 0.4) is 0 Å². The first kappa shape index (κ1) is 16.1. The Labute approximate surface area is 139 Å². The van der Waals surface area contributed by atoms with E-state index in [2.05, 4.69) is 50.6 Å². The van der Waals surface area contributed by atoms with Crippen LogP contribution in [0.25, 0.3) is 11.0 Å². The highest BCUT2D eigenvalue weighted by molar-refractivity contribution is 5.82. The van der Waals surface area contributed by atoms with Crippen LogP contribution in [0.1, 0.15) is 49.7 Å². The zero-order valence-electron chi connectivity index (χ0n) is 15.1. The van der Waals surface area contributed by atoms with E-state index < -0.39 is 0 Å². The molecule has 3 rings (SSSR count). The summed E-state index contributed by atoms with van der Waals surface area (Å²) >= 11 is 0. The van der Waals surface area contributed by atoms with Crippen LogP contribution in [0.5, 0.6) is 0 Å². The predicted octanol–water partition coefficient (Wildman–Crippen LogP) is 4.30. The van der Waals surface area contributed by atoms with Crippen LogP contribution in [0.15, 0.2) is 18.3 Å². The second kappa shape index (κ2) is 5.70. The zero-order valence-corrected chi connectivity index (χ0v) is 15.1. The first-order valence-corrected chi connectivity index (χ1v) is 8.65. The molecule has 0 aromatic carbocycles. The molecular weight excluding hydrogens is 282 g/mol. The molecule has 2 heterocycles. The van der Waals surface area contributed by atoms with Crippen LogP contribution in [0.2, 0.25) is 0 Å². The van der Waals surface area contributed by atoms with E-state index in [1.54, 1.807) is 0 Å². The average molecular weight is 311 g/mol. The van der Waals surface area contributed by atoms with Crippen molar-refractivity contribution in [1.29, 1.82) is 0 Å². The molecule has 0 fully saturated rings. The number of H-pyrrole nitrogens is 1. The fourth-order valence-electron chi connectivity index (χ4n) is 3.70. The van der Waals surface area contributed by atoms with Crippen LogP contribution in [-0.4, -0.2) is 17.0 Å². The van der Waals surface area contributed by atoms with Gasteiger partial charge in [0.2, 0.25) is 0 Å². The third-order valence-electron chi connectivity index (χ3n) is 5.42. The van der Waals surface area contributed by atoms with E-state index in [4.69, 9.17) is 4.98 Å². The van der Waals surface area contributed by atoms with Gasteiger partial charge in [0.05, 0.1) is 11.0 Å². The number of rotatable bonds is 3. The monoisotopic (exact) mass is 311 g/mol. The number of pyridine rings is 1. The standard InChI is InChI=1S/C20H29N3/c1-12(21-6)9-16-13(2)22-18-11-14-10-15(20(3,4)5)7-8-17(14)23-19(16)18/h11,15,21-22H,1,7-10H2,2-6H3. The number of allylic oxidation sites excluding steroid dienone is 1. The average Bonchev–Trinajstić information content (AvgIpc) is 2.78. The number of nitrogens with one attached hydrogen (secondary N) is 2. The number of aryl methyl sites for hydroxylation is 2. The molecule has 2 aromatic rings. The fraction of sp³-hybridized carbons (Fsp3) is 0.550. The molecular formula is C20H29N3. The summed E-state index contributed by atoms with van der Waals surface area (Å²) in [4.78, 5) is 8.57. The van der Waals surface area contributed by atoms with Crippen LogP contribution >= 0.6 is 0 Å². The van der Waals surface area contributed by atoms with Crippen LogP contribution in [0, 0.1) is 18.3 Å². The maximum absolute atomic E-state index is 5.04. The second-order valence-corrected chi connectivity index (χ2v) is 8.05. The molecule has 3 nitrogen and oxygen atoms in total. The number of likely N-dealkylation sites (N-methyl/N-ethyl adjacent to an activating group) is 1. The molecule has 1 aliphatic rings. The highest BCUT2D eigenvalue weighted by Crippen LogP contribution is 2.38. The highest BCUT2D eigenvalue weighted by Gasteiger charge is 2.29. The largest absolute Gasteiger partial charge is 0.392 e. The van der Waals surface area contributed by atoms with Gasteiger partial charge < -0.3 is 10.3 Å². The Bertz CT molecular complexity index is 746. The predicted molar refractivity (Wildman–Crippen MR) is 97.7 cm³/mol. The lowest BCUT2D eigenvalue weighted by Gasteiger charge is -2.34. The van der Waals surface area contributed by atoms with Crippen molar-refractivity contribution >= 4 is 11.0 Å². The van der Waals surface area contributed by atoms with E-state index >= 15 is 0 Å². The quantitative estimate of drug-likeness (QED) is 0.887. The van der Waals surface area contributed by atoms with Crippen molar-refractivity contribution in [3.8, 4) is 0 Å². The van der Waals surface area contributed by atoms with E-state index in [0.29, 0.717) is 5.41 Å². The third-order valence-corrected chi connectivity index (χ3v) is 5.42. The van der Waals surface area contributed by atoms with Gasteiger partial charge in [-0.2, -0.15) is 0 Å². The molecule has 1 unspecified atom stereocenters. The molecule has 0 amide bonds. The summed E-state index contributed by atoms with van der Waals surface area (Å²) < 4.78 is 0. The molecule has 0 saturated carbocycles. The van der Waals surface area contributed by atoms with Gasteiger partial charge in [-0.05, 0) is 49.1 Å². The summed E-state index contributed by atoms with van der Waals surface area (Å²) in [5.41, 5.74) is 8.92. The Morgan fingerprint density at radius 2 is 2.17 bits per heavy atom. The maximum Gasteiger partial charge on any atom is 0.0921 e. The van der Waals surface area contributed by atoms with Gasteiger partial charge in [0.25, 0.3) is 0 Å². The van der Waals surface area contributed by atoms with Gasteiger partial charge in [-0.3, -0.25) is 4.98 Å². The number of aromatic nitrogens is 2. The number of hydrogen-bond donors (Lipinski definition) is 2. The maximum atomic E-state index is 5.04. The minimum absolute atomic E-state index is 0.369. The summed E-state index contributed by atoms with van der Waals surface area (Å²) in [5, 5.41) is 3.14. The van der Waals surface area contributed by atoms with Crippen LogP contribution in [-0.2, 0) is 19.3 Å². The molecule has 2 aromatic heterocycles. The summed E-state index contributed by atoms with van der Waals surface area (Å²) in [6.07, 6.45) is 4.33. The van der Waals surface area contributed by atoms with Crippen molar-refractivity contribution < 1.29 is 0 Å². The lowest BCUT2D eigenvalue weighted by Crippen LogP contribution is -2.27. The van der Waals surface area contributed by atoms with Gasteiger partial charge in [-0.15, -0.1) is 0 Å². The molecule has 1 aliphatic carbocycles. The smallest absolute Gasteiger partial charge is 0.0921 e. The van der Waals surface area contributed by atoms with E-state index in [0.717, 1.165) is 36.4 Å². The Hall–Kier alpha value is -1.77. The summed E-state index contributed by atoms with van der Waals surface area (Å²) in [6.45, 7) is 13.3. The molecule has 0 spiro atoms. The normalized spacial score (nSPS) is 18.0. The first-order valence-electron chi connectivity index (χ1n) is 8.65. The molecule has 0 bridgehead atoms. The Morgan fingerprint density at radius 3 is 2.83 bits per heavy atom. The fourth-order valence-corrected chi connectivity index (χ4v) is 3.70. The summed E-state index contributed by atoms with van der Waals surface area (Å²) in [6, 6.07) is 2.34. The Morgan fingerprint density at radius 1 is 1.43 bits per heavy atom. The first-order chi connectivity index (χ1) is 10.8. The molecule has 0 aliphatic heterocycles. The summed E-state index contributed by atoms with van der Waals surface area (Å²) in [7, 11) is 1.93. The van der Waals surface area contributed by atoms with Gasteiger partial charge in [0.15, 0.2) is 0 Å². The zero-order chi connectivity index (χ0) is 16.8. The van der Waals surface area contributed by atoms with Crippen molar-refractivity contribution in [2.75, 3.05) is 7.05 Å². The minimum atomic E-state index is 0.369. The van der Waals surface area contributed by atoms with E-state index in [9.17, 15) is 0 Å². The Kier molecular flexibility index (Phi) is 3.99. The molecule has 124 valence electrons. The highest BCUT2D eigenvalue weighted by atomic mass is 14.8. The van der Waals surface area contributed by atoms with Crippen molar-refractivity contribution in [1.82, 2.24) is 15.3 Å². The van der Waals surface area contributed by atoms with Gasteiger partial charge in [0, 0.05) is 36.1 Å². The van der Waals surface area contributed by atoms with Gasteiger partial charge in [-0.25, -0.2) is 0 Å². The lowest BCUT2D eigenvalue weighted by molar-refractivity contribution is 0.215. The van der Waals surface area contributed by atoms with Gasteiger partial charge in [0.1, 0.15) is 0 Å². The minimum Gasteiger partial charge on any atom is -0.392 e. The molecule has 1 atom stereocenters. The van der Waals surface area contributed by atoms with Crippen LogP contribution < -0.4 is 5.32 Å². The number of nitrogens with zero attached hydrogens (tertiary/aromatic N) is 1. The number of hydrogen-bond acceptors (Lipinski definition) is 2. The van der Waals surface area contributed by atoms with E-state index in [1.165, 1.54) is 34.5 Å². The SMILES string of the molecule is C=C(Cc1c(C)[nH]c2cc3c(nc12)CCC(C(C)(C)C)C3)NC. The molecule has 0 saturated heterocycles. The van der Waals surface area contributed by atoms with Crippen molar-refractivity contribution in [3.05, 3.63) is 40.9 Å². The number of fused-ring (bicyclic) bond motifs is 2. The third kappa shape index (κ3) is 3.01. The molecule has 23 heavy (non-hydrogen) atoms. The molecule has 3 heteroatoms. The van der Waals surface area contributed by atoms with Gasteiger partial charge >= 0.3 is 0 Å². The van der Waals surface area contributed by atoms with Crippen LogP contribution in [0.4, 0.5) is 0 Å². The summed E-state index contributed by atoms with van der Waals surface area (Å²) in [5.74, 6) is 0.744.